The molecule has 12 rings (SSSR count). The topological polar surface area (TPSA) is 25.6 Å². The van der Waals surface area contributed by atoms with Crippen molar-refractivity contribution in [3.05, 3.63) is 125 Å². The van der Waals surface area contributed by atoms with Crippen LogP contribution in [0.2, 0.25) is 0 Å². The van der Waals surface area contributed by atoms with Gasteiger partial charge in [-0.05, 0) is 132 Å². The first-order valence-corrected chi connectivity index (χ1v) is 19.5. The largest absolute Gasteiger partial charge is 0.456 e. The molecule has 2 bridgehead atoms. The Morgan fingerprint density at radius 1 is 0.627 bits per heavy atom. The van der Waals surface area contributed by atoms with Crippen molar-refractivity contribution in [2.24, 2.45) is 29.1 Å². The molecule has 51 heavy (non-hydrogen) atoms. The summed E-state index contributed by atoms with van der Waals surface area (Å²) in [7, 11) is 0. The summed E-state index contributed by atoms with van der Waals surface area (Å²) in [6, 6.07) is 38.5. The zero-order valence-electron chi connectivity index (χ0n) is 30.1. The van der Waals surface area contributed by atoms with E-state index in [-0.39, 0.29) is 16.2 Å². The van der Waals surface area contributed by atoms with Crippen molar-refractivity contribution in [3.63, 3.8) is 0 Å². The molecule has 0 amide bonds. The molecular weight excluding hydrogens is 623 g/mol. The van der Waals surface area contributed by atoms with Gasteiger partial charge in [-0.3, -0.25) is 0 Å². The van der Waals surface area contributed by atoms with Crippen molar-refractivity contribution in [2.75, 3.05) is 4.90 Å². The van der Waals surface area contributed by atoms with Gasteiger partial charge >= 0.3 is 0 Å². The summed E-state index contributed by atoms with van der Waals surface area (Å²) in [5.41, 5.74) is 11.9. The second kappa shape index (κ2) is 9.29. The van der Waals surface area contributed by atoms with Crippen LogP contribution in [-0.2, 0) is 16.2 Å². The van der Waals surface area contributed by atoms with Crippen LogP contribution < -0.4 is 9.64 Å². The Balaban J connectivity index is 1.14. The van der Waals surface area contributed by atoms with Crippen LogP contribution in [0.25, 0.3) is 21.9 Å². The molecule has 6 aliphatic rings. The summed E-state index contributed by atoms with van der Waals surface area (Å²) in [5, 5.41) is 2.30. The van der Waals surface area contributed by atoms with Crippen LogP contribution in [0.3, 0.4) is 0 Å². The fourth-order valence-electron chi connectivity index (χ4n) is 13.4. The number of benzene rings is 5. The quantitative estimate of drug-likeness (QED) is 0.188. The molecule has 6 unspecified atom stereocenters. The summed E-state index contributed by atoms with van der Waals surface area (Å²) in [5.74, 6) is 5.37. The van der Waals surface area contributed by atoms with Gasteiger partial charge in [0.2, 0.25) is 0 Å². The molecule has 2 heterocycles. The molecule has 6 aromatic rings. The van der Waals surface area contributed by atoms with Gasteiger partial charge in [-0.25, -0.2) is 0 Å². The van der Waals surface area contributed by atoms with Crippen LogP contribution in [-0.4, -0.2) is 0 Å². The Morgan fingerprint density at radius 2 is 1.35 bits per heavy atom. The van der Waals surface area contributed by atoms with Crippen LogP contribution >= 0.6 is 0 Å². The lowest BCUT2D eigenvalue weighted by atomic mass is 9.26. The summed E-state index contributed by atoms with van der Waals surface area (Å²) in [4.78, 5) is 2.56. The third-order valence-electron chi connectivity index (χ3n) is 15.4. The number of rotatable bonds is 3. The lowest BCUT2D eigenvalue weighted by molar-refractivity contribution is -0.235. The van der Waals surface area contributed by atoms with E-state index in [1.165, 1.54) is 60.0 Å². The molecule has 0 N–H and O–H groups in total. The maximum Gasteiger partial charge on any atom is 0.155 e. The molecule has 2 spiro atoms. The van der Waals surface area contributed by atoms with E-state index in [0.717, 1.165) is 63.1 Å². The SMILES string of the molecule is CC1(C)CCC(C)(C)c2c(N(c3ccc4oc5ccccc5c4c3)c3cccc4c3Oc3ccccc3C43C4CC5CC6CC3C64C5)cccc21. The minimum absolute atomic E-state index is 0.0139. The molecule has 3 nitrogen and oxygen atoms in total. The normalized spacial score (nSPS) is 30.9. The number of fused-ring (bicyclic) bond motifs is 11. The fourth-order valence-corrected chi connectivity index (χ4v) is 13.4. The van der Waals surface area contributed by atoms with E-state index in [4.69, 9.17) is 9.15 Å². The van der Waals surface area contributed by atoms with Gasteiger partial charge < -0.3 is 14.1 Å². The Bertz CT molecular complexity index is 2480. The van der Waals surface area contributed by atoms with Gasteiger partial charge in [-0.2, -0.15) is 0 Å². The Hall–Kier alpha value is -4.50. The van der Waals surface area contributed by atoms with Gasteiger partial charge in [0.1, 0.15) is 16.9 Å². The van der Waals surface area contributed by atoms with Crippen LogP contribution in [0.5, 0.6) is 11.5 Å². The van der Waals surface area contributed by atoms with Crippen LogP contribution in [0.4, 0.5) is 17.1 Å². The maximum atomic E-state index is 7.28. The highest BCUT2D eigenvalue weighted by Crippen LogP contribution is 2.89. The maximum absolute atomic E-state index is 7.28. The Kier molecular flexibility index (Phi) is 5.30. The van der Waals surface area contributed by atoms with E-state index in [9.17, 15) is 0 Å². The molecule has 1 aromatic heterocycles. The number of para-hydroxylation sites is 3. The van der Waals surface area contributed by atoms with Crippen molar-refractivity contribution >= 4 is 39.0 Å². The van der Waals surface area contributed by atoms with Crippen molar-refractivity contribution < 1.29 is 9.15 Å². The number of hydrogen-bond donors (Lipinski definition) is 0. The van der Waals surface area contributed by atoms with Crippen molar-refractivity contribution in [3.8, 4) is 11.5 Å². The minimum atomic E-state index is 0.0139. The third kappa shape index (κ3) is 3.34. The van der Waals surface area contributed by atoms with E-state index in [1.807, 2.05) is 0 Å². The first-order valence-electron chi connectivity index (χ1n) is 19.5. The molecule has 0 radical (unpaired) electrons. The molecule has 254 valence electrons. The number of hydrogen-bond acceptors (Lipinski definition) is 3. The fraction of sp³-hybridized carbons (Fsp3) is 0.375. The third-order valence-corrected chi connectivity index (χ3v) is 15.4. The predicted octanol–water partition coefficient (Wildman–Crippen LogP) is 12.9. The number of ether oxygens (including phenoxy) is 1. The Labute approximate surface area is 300 Å². The molecular formula is C48H45NO2. The van der Waals surface area contributed by atoms with E-state index in [2.05, 4.69) is 136 Å². The van der Waals surface area contributed by atoms with Crippen molar-refractivity contribution in [2.45, 2.75) is 82.5 Å². The lowest BCUT2D eigenvalue weighted by Gasteiger charge is -2.77. The average molecular weight is 668 g/mol. The van der Waals surface area contributed by atoms with E-state index in [0.29, 0.717) is 17.3 Å². The highest BCUT2D eigenvalue weighted by atomic mass is 16.5. The molecule has 5 aromatic carbocycles. The number of anilines is 3. The molecule has 5 aliphatic carbocycles. The zero-order chi connectivity index (χ0) is 34.1. The standard InChI is InChI=1S/C48H45NO2/c1-45(2)21-22-46(3,4)43-34(45)13-9-15-36(43)49(30-19-20-39-32(26-30)31-11-5-7-17-38(31)50-39)37-16-10-14-35-44(37)51-40-18-8-6-12-33(40)48(35)41-24-28-23-29-25-42(48)47(29,41)27-28/h5-20,26,28-29,41-42H,21-25,27H2,1-4H3. The predicted molar refractivity (Wildman–Crippen MR) is 206 cm³/mol. The lowest BCUT2D eigenvalue weighted by Crippen LogP contribution is -2.74. The highest BCUT2D eigenvalue weighted by Gasteiger charge is 2.84. The molecule has 3 heteroatoms. The molecule has 1 aliphatic heterocycles. The smallest absolute Gasteiger partial charge is 0.155 e. The summed E-state index contributed by atoms with van der Waals surface area (Å²) in [6.07, 6.45) is 8.00. The van der Waals surface area contributed by atoms with E-state index >= 15 is 0 Å². The zero-order valence-corrected chi connectivity index (χ0v) is 30.1. The van der Waals surface area contributed by atoms with Gasteiger partial charge in [0.05, 0.1) is 11.4 Å². The van der Waals surface area contributed by atoms with Crippen LogP contribution in [0, 0.1) is 29.1 Å². The van der Waals surface area contributed by atoms with Gasteiger partial charge in [-0.15, -0.1) is 0 Å². The molecule has 4 saturated carbocycles. The summed E-state index contributed by atoms with van der Waals surface area (Å²) in [6.45, 7) is 9.77. The van der Waals surface area contributed by atoms with Crippen molar-refractivity contribution in [1.29, 1.82) is 0 Å². The monoisotopic (exact) mass is 667 g/mol. The van der Waals surface area contributed by atoms with Gasteiger partial charge in [0.25, 0.3) is 0 Å². The summed E-state index contributed by atoms with van der Waals surface area (Å²) < 4.78 is 13.6. The molecule has 0 saturated heterocycles. The first-order chi connectivity index (χ1) is 24.7. The summed E-state index contributed by atoms with van der Waals surface area (Å²) >= 11 is 0. The first kappa shape index (κ1) is 29.1. The second-order valence-corrected chi connectivity index (χ2v) is 18.4. The van der Waals surface area contributed by atoms with E-state index < -0.39 is 0 Å². The highest BCUT2D eigenvalue weighted by molar-refractivity contribution is 6.06. The second-order valence-electron chi connectivity index (χ2n) is 18.4. The van der Waals surface area contributed by atoms with Gasteiger partial charge in [0.15, 0.2) is 5.75 Å². The van der Waals surface area contributed by atoms with Gasteiger partial charge in [0, 0.05) is 33.0 Å². The molecule has 6 atom stereocenters. The van der Waals surface area contributed by atoms with Crippen LogP contribution in [0.1, 0.15) is 88.5 Å². The van der Waals surface area contributed by atoms with E-state index in [1.54, 1.807) is 0 Å². The Morgan fingerprint density at radius 3 is 2.24 bits per heavy atom. The minimum Gasteiger partial charge on any atom is -0.456 e. The average Bonchev–Trinajstić information content (AvgIpc) is 3.79. The van der Waals surface area contributed by atoms with Crippen molar-refractivity contribution in [1.82, 2.24) is 0 Å². The molecule has 4 fully saturated rings. The van der Waals surface area contributed by atoms with Gasteiger partial charge in [-0.1, -0.05) is 88.4 Å². The van der Waals surface area contributed by atoms with Crippen LogP contribution in [0.15, 0.2) is 108 Å². The number of nitrogens with zero attached hydrogens (tertiary/aromatic N) is 1. The number of furan rings is 1.